The van der Waals surface area contributed by atoms with E-state index in [9.17, 15) is 4.79 Å². The number of rotatable bonds is 8. The second-order valence-corrected chi connectivity index (χ2v) is 5.73. The summed E-state index contributed by atoms with van der Waals surface area (Å²) in [6.07, 6.45) is 4.47. The van der Waals surface area contributed by atoms with Gasteiger partial charge in [-0.1, -0.05) is 37.6 Å². The fourth-order valence-corrected chi connectivity index (χ4v) is 2.34. The lowest BCUT2D eigenvalue weighted by Gasteiger charge is -2.15. The van der Waals surface area contributed by atoms with Gasteiger partial charge in [0.25, 0.3) is 0 Å². The Morgan fingerprint density at radius 3 is 2.55 bits per heavy atom. The third-order valence-corrected chi connectivity index (χ3v) is 3.84. The monoisotopic (exact) mass is 274 g/mol. The summed E-state index contributed by atoms with van der Waals surface area (Å²) >= 11 is 0. The highest BCUT2D eigenvalue weighted by Gasteiger charge is 2.28. The number of amides is 1. The van der Waals surface area contributed by atoms with Crippen molar-refractivity contribution in [3.8, 4) is 0 Å². The Kier molecular flexibility index (Phi) is 5.60. The molecule has 2 rings (SSSR count). The molecule has 0 bridgehead atoms. The zero-order chi connectivity index (χ0) is 14.4. The van der Waals surface area contributed by atoms with E-state index >= 15 is 0 Å². The lowest BCUT2D eigenvalue weighted by atomic mass is 10.0. The van der Waals surface area contributed by atoms with Crippen LogP contribution in [-0.4, -0.2) is 19.0 Å². The highest BCUT2D eigenvalue weighted by molar-refractivity contribution is 5.80. The fourth-order valence-electron chi connectivity index (χ4n) is 2.34. The molecule has 0 aromatic heterocycles. The van der Waals surface area contributed by atoms with Crippen molar-refractivity contribution < 1.29 is 4.79 Å². The summed E-state index contributed by atoms with van der Waals surface area (Å²) in [4.78, 5) is 11.5. The Hall–Kier alpha value is -1.35. The summed E-state index contributed by atoms with van der Waals surface area (Å²) < 4.78 is 0. The van der Waals surface area contributed by atoms with Crippen molar-refractivity contribution in [1.29, 1.82) is 0 Å². The minimum atomic E-state index is 0.225. The molecule has 0 saturated heterocycles. The maximum Gasteiger partial charge on any atom is 0.223 e. The predicted molar refractivity (Wildman–Crippen MR) is 82.6 cm³/mol. The van der Waals surface area contributed by atoms with Gasteiger partial charge in [0.05, 0.1) is 0 Å². The van der Waals surface area contributed by atoms with Crippen LogP contribution in [0.15, 0.2) is 24.3 Å². The summed E-state index contributed by atoms with van der Waals surface area (Å²) in [6, 6.07) is 9.15. The largest absolute Gasteiger partial charge is 0.355 e. The number of hydrogen-bond acceptors (Lipinski definition) is 2. The van der Waals surface area contributed by atoms with Crippen LogP contribution in [0.4, 0.5) is 0 Å². The van der Waals surface area contributed by atoms with E-state index < -0.39 is 0 Å². The van der Waals surface area contributed by atoms with Crippen molar-refractivity contribution in [2.75, 3.05) is 13.1 Å². The second-order valence-electron chi connectivity index (χ2n) is 5.73. The normalized spacial score (nSPS) is 15.9. The Bertz CT molecular complexity index is 423. The van der Waals surface area contributed by atoms with E-state index in [0.717, 1.165) is 25.8 Å². The maximum absolute atomic E-state index is 11.5. The minimum Gasteiger partial charge on any atom is -0.355 e. The van der Waals surface area contributed by atoms with Crippen LogP contribution in [0, 0.1) is 5.92 Å². The SMILES string of the molecule is CCCc1ccc(C(C)NCCNC(=O)C2CC2)cc1. The number of carbonyl (C=O) groups excluding carboxylic acids is 1. The van der Waals surface area contributed by atoms with E-state index in [2.05, 4.69) is 48.7 Å². The highest BCUT2D eigenvalue weighted by Crippen LogP contribution is 2.28. The summed E-state index contributed by atoms with van der Waals surface area (Å²) in [5.74, 6) is 0.530. The third-order valence-electron chi connectivity index (χ3n) is 3.84. The van der Waals surface area contributed by atoms with Crippen molar-refractivity contribution in [2.24, 2.45) is 5.92 Å². The van der Waals surface area contributed by atoms with Crippen LogP contribution >= 0.6 is 0 Å². The first-order chi connectivity index (χ1) is 9.70. The molecule has 0 heterocycles. The zero-order valence-electron chi connectivity index (χ0n) is 12.6. The lowest BCUT2D eigenvalue weighted by Crippen LogP contribution is -2.33. The molecule has 20 heavy (non-hydrogen) atoms. The number of benzene rings is 1. The Morgan fingerprint density at radius 1 is 1.25 bits per heavy atom. The molecule has 1 amide bonds. The lowest BCUT2D eigenvalue weighted by molar-refractivity contribution is -0.122. The van der Waals surface area contributed by atoms with Gasteiger partial charge in [-0.2, -0.15) is 0 Å². The van der Waals surface area contributed by atoms with Gasteiger partial charge in [-0.15, -0.1) is 0 Å². The van der Waals surface area contributed by atoms with Crippen LogP contribution in [0.3, 0.4) is 0 Å². The smallest absolute Gasteiger partial charge is 0.223 e. The molecule has 3 nitrogen and oxygen atoms in total. The van der Waals surface area contributed by atoms with Crippen molar-refractivity contribution >= 4 is 5.91 Å². The summed E-state index contributed by atoms with van der Waals surface area (Å²) in [5.41, 5.74) is 2.71. The predicted octanol–water partition coefficient (Wildman–Crippen LogP) is 2.82. The average Bonchev–Trinajstić information content (AvgIpc) is 3.29. The van der Waals surface area contributed by atoms with Gasteiger partial charge in [-0.05, 0) is 37.3 Å². The van der Waals surface area contributed by atoms with E-state index in [1.54, 1.807) is 0 Å². The van der Waals surface area contributed by atoms with E-state index in [0.29, 0.717) is 18.5 Å². The molecule has 3 heteroatoms. The first kappa shape index (κ1) is 15.0. The van der Waals surface area contributed by atoms with E-state index in [-0.39, 0.29) is 5.91 Å². The summed E-state index contributed by atoms with van der Waals surface area (Å²) in [5, 5.41) is 6.43. The molecule has 1 aromatic rings. The molecular weight excluding hydrogens is 248 g/mol. The Morgan fingerprint density at radius 2 is 1.95 bits per heavy atom. The van der Waals surface area contributed by atoms with Gasteiger partial charge in [0.1, 0.15) is 0 Å². The molecule has 1 aromatic carbocycles. The van der Waals surface area contributed by atoms with E-state index in [4.69, 9.17) is 0 Å². The number of hydrogen-bond donors (Lipinski definition) is 2. The third kappa shape index (κ3) is 4.64. The maximum atomic E-state index is 11.5. The van der Waals surface area contributed by atoms with Gasteiger partial charge >= 0.3 is 0 Å². The van der Waals surface area contributed by atoms with Crippen LogP contribution < -0.4 is 10.6 Å². The van der Waals surface area contributed by atoms with Gasteiger partial charge in [0, 0.05) is 25.0 Å². The van der Waals surface area contributed by atoms with Crippen LogP contribution in [0.1, 0.15) is 50.3 Å². The first-order valence-corrected chi connectivity index (χ1v) is 7.80. The van der Waals surface area contributed by atoms with Gasteiger partial charge in [0.15, 0.2) is 0 Å². The summed E-state index contributed by atoms with van der Waals surface area (Å²) in [7, 11) is 0. The van der Waals surface area contributed by atoms with Gasteiger partial charge in [0.2, 0.25) is 5.91 Å². The van der Waals surface area contributed by atoms with Crippen LogP contribution in [0.2, 0.25) is 0 Å². The van der Waals surface area contributed by atoms with Crippen LogP contribution in [-0.2, 0) is 11.2 Å². The van der Waals surface area contributed by atoms with Crippen LogP contribution in [0.25, 0.3) is 0 Å². The van der Waals surface area contributed by atoms with Gasteiger partial charge in [-0.25, -0.2) is 0 Å². The molecule has 1 aliphatic rings. The average molecular weight is 274 g/mol. The first-order valence-electron chi connectivity index (χ1n) is 7.80. The van der Waals surface area contributed by atoms with E-state index in [1.165, 1.54) is 17.5 Å². The standard InChI is InChI=1S/C17H26N2O/c1-3-4-14-5-7-15(8-6-14)13(2)18-11-12-19-17(20)16-9-10-16/h5-8,13,16,18H,3-4,9-12H2,1-2H3,(H,19,20). The van der Waals surface area contributed by atoms with E-state index in [1.807, 2.05) is 0 Å². The molecule has 1 aliphatic carbocycles. The topological polar surface area (TPSA) is 41.1 Å². The Labute approximate surface area is 122 Å². The molecule has 2 N–H and O–H groups in total. The van der Waals surface area contributed by atoms with Crippen molar-refractivity contribution in [3.05, 3.63) is 35.4 Å². The van der Waals surface area contributed by atoms with Crippen molar-refractivity contribution in [3.63, 3.8) is 0 Å². The zero-order valence-corrected chi connectivity index (χ0v) is 12.6. The minimum absolute atomic E-state index is 0.225. The molecule has 0 radical (unpaired) electrons. The number of aryl methyl sites for hydroxylation is 1. The highest BCUT2D eigenvalue weighted by atomic mass is 16.2. The van der Waals surface area contributed by atoms with Gasteiger partial charge in [-0.3, -0.25) is 4.79 Å². The second kappa shape index (κ2) is 7.44. The molecule has 1 saturated carbocycles. The quantitative estimate of drug-likeness (QED) is 0.716. The van der Waals surface area contributed by atoms with Crippen molar-refractivity contribution in [1.82, 2.24) is 10.6 Å². The molecule has 0 aliphatic heterocycles. The fraction of sp³-hybridized carbons (Fsp3) is 0.588. The molecule has 1 fully saturated rings. The Balaban J connectivity index is 1.67. The van der Waals surface area contributed by atoms with Gasteiger partial charge < -0.3 is 10.6 Å². The molecule has 0 spiro atoms. The van der Waals surface area contributed by atoms with Crippen LogP contribution in [0.5, 0.6) is 0 Å². The number of nitrogens with one attached hydrogen (secondary N) is 2. The molecule has 1 unspecified atom stereocenters. The molecular formula is C17H26N2O. The van der Waals surface area contributed by atoms with Crippen molar-refractivity contribution in [2.45, 2.75) is 45.6 Å². The molecule has 1 atom stereocenters. The number of carbonyl (C=O) groups is 1. The molecule has 110 valence electrons. The summed E-state index contributed by atoms with van der Waals surface area (Å²) in [6.45, 7) is 5.90.